The number of carbonyl (C=O) groups is 2. The predicted octanol–water partition coefficient (Wildman–Crippen LogP) is 2.34. The van der Waals surface area contributed by atoms with Crippen molar-refractivity contribution in [3.63, 3.8) is 0 Å². The van der Waals surface area contributed by atoms with Crippen molar-refractivity contribution in [2.45, 2.75) is 26.7 Å². The van der Waals surface area contributed by atoms with Gasteiger partial charge in [0, 0.05) is 19.2 Å². The van der Waals surface area contributed by atoms with E-state index >= 15 is 0 Å². The Labute approximate surface area is 123 Å². The number of halogens is 2. The highest BCUT2D eigenvalue weighted by Crippen LogP contribution is 2.09. The molecule has 0 saturated carbocycles. The number of nitrogens with zero attached hydrogens (tertiary/aromatic N) is 1. The Kier molecular flexibility index (Phi) is 6.78. The Morgan fingerprint density at radius 3 is 2.52 bits per heavy atom. The molecular formula is C15H20F2N2O2. The van der Waals surface area contributed by atoms with Crippen molar-refractivity contribution in [1.82, 2.24) is 10.2 Å². The van der Waals surface area contributed by atoms with Crippen LogP contribution in [0.4, 0.5) is 8.78 Å². The van der Waals surface area contributed by atoms with E-state index in [-0.39, 0.29) is 18.0 Å². The summed E-state index contributed by atoms with van der Waals surface area (Å²) in [5, 5.41) is 2.36. The van der Waals surface area contributed by atoms with Crippen LogP contribution >= 0.6 is 0 Å². The van der Waals surface area contributed by atoms with Gasteiger partial charge in [0.1, 0.15) is 11.6 Å². The van der Waals surface area contributed by atoms with Crippen molar-refractivity contribution in [3.8, 4) is 0 Å². The van der Waals surface area contributed by atoms with Gasteiger partial charge in [-0.2, -0.15) is 0 Å². The lowest BCUT2D eigenvalue weighted by atomic mass is 10.2. The molecule has 21 heavy (non-hydrogen) atoms. The first-order valence-corrected chi connectivity index (χ1v) is 7.00. The van der Waals surface area contributed by atoms with E-state index in [0.29, 0.717) is 19.2 Å². The summed E-state index contributed by atoms with van der Waals surface area (Å²) < 4.78 is 26.2. The van der Waals surface area contributed by atoms with Crippen molar-refractivity contribution in [3.05, 3.63) is 35.4 Å². The van der Waals surface area contributed by atoms with E-state index in [1.54, 1.807) is 4.90 Å². The van der Waals surface area contributed by atoms with Gasteiger partial charge in [0.15, 0.2) is 0 Å². The zero-order valence-corrected chi connectivity index (χ0v) is 12.3. The molecule has 0 spiro atoms. The highest BCUT2D eigenvalue weighted by Gasteiger charge is 2.15. The van der Waals surface area contributed by atoms with Gasteiger partial charge < -0.3 is 10.2 Å². The van der Waals surface area contributed by atoms with E-state index in [4.69, 9.17) is 0 Å². The number of hydrogen-bond acceptors (Lipinski definition) is 2. The second kappa shape index (κ2) is 8.34. The number of unbranched alkanes of at least 4 members (excludes halogenated alkanes) is 1. The molecule has 6 heteroatoms. The molecule has 0 aromatic heterocycles. The SMILES string of the molecule is CCCCN(CC)C(=O)CNC(=O)c1ccc(F)cc1F. The van der Waals surface area contributed by atoms with Gasteiger partial charge in [-0.05, 0) is 25.5 Å². The summed E-state index contributed by atoms with van der Waals surface area (Å²) in [6, 6.07) is 2.69. The fourth-order valence-corrected chi connectivity index (χ4v) is 1.84. The van der Waals surface area contributed by atoms with Gasteiger partial charge in [-0.25, -0.2) is 8.78 Å². The van der Waals surface area contributed by atoms with E-state index in [2.05, 4.69) is 5.32 Å². The van der Waals surface area contributed by atoms with Crippen molar-refractivity contribution in [2.75, 3.05) is 19.6 Å². The summed E-state index contributed by atoms with van der Waals surface area (Å²) in [5.41, 5.74) is -0.277. The van der Waals surface area contributed by atoms with Gasteiger partial charge in [0.05, 0.1) is 12.1 Å². The fraction of sp³-hybridized carbons (Fsp3) is 0.467. The third-order valence-corrected chi connectivity index (χ3v) is 3.09. The zero-order chi connectivity index (χ0) is 15.8. The van der Waals surface area contributed by atoms with Gasteiger partial charge in [0.2, 0.25) is 5.91 Å². The van der Waals surface area contributed by atoms with E-state index in [0.717, 1.165) is 25.0 Å². The first kappa shape index (κ1) is 17.1. The van der Waals surface area contributed by atoms with Crippen LogP contribution in [-0.4, -0.2) is 36.3 Å². The van der Waals surface area contributed by atoms with Crippen LogP contribution in [0.15, 0.2) is 18.2 Å². The summed E-state index contributed by atoms with van der Waals surface area (Å²) in [5.74, 6) is -2.65. The molecule has 0 fully saturated rings. The molecule has 0 aliphatic carbocycles. The third kappa shape index (κ3) is 5.13. The van der Waals surface area contributed by atoms with Gasteiger partial charge >= 0.3 is 0 Å². The Hall–Kier alpha value is -1.98. The summed E-state index contributed by atoms with van der Waals surface area (Å²) >= 11 is 0. The Morgan fingerprint density at radius 1 is 1.24 bits per heavy atom. The number of carbonyl (C=O) groups excluding carboxylic acids is 2. The van der Waals surface area contributed by atoms with Crippen LogP contribution in [0.3, 0.4) is 0 Å². The molecule has 0 aliphatic heterocycles. The Bertz CT molecular complexity index is 506. The van der Waals surface area contributed by atoms with Gasteiger partial charge in [-0.15, -0.1) is 0 Å². The van der Waals surface area contributed by atoms with Crippen molar-refractivity contribution in [1.29, 1.82) is 0 Å². The van der Waals surface area contributed by atoms with Gasteiger partial charge in [0.25, 0.3) is 5.91 Å². The van der Waals surface area contributed by atoms with E-state index in [1.165, 1.54) is 0 Å². The van der Waals surface area contributed by atoms with Crippen LogP contribution < -0.4 is 5.32 Å². The molecule has 116 valence electrons. The van der Waals surface area contributed by atoms with Crippen molar-refractivity contribution in [2.24, 2.45) is 0 Å². The predicted molar refractivity (Wildman–Crippen MR) is 75.9 cm³/mol. The average molecular weight is 298 g/mol. The number of rotatable bonds is 7. The molecule has 4 nitrogen and oxygen atoms in total. The fourth-order valence-electron chi connectivity index (χ4n) is 1.84. The van der Waals surface area contributed by atoms with Gasteiger partial charge in [-0.1, -0.05) is 13.3 Å². The van der Waals surface area contributed by atoms with Crippen LogP contribution in [0, 0.1) is 11.6 Å². The van der Waals surface area contributed by atoms with E-state index in [9.17, 15) is 18.4 Å². The van der Waals surface area contributed by atoms with Crippen LogP contribution in [0.25, 0.3) is 0 Å². The molecular weight excluding hydrogens is 278 g/mol. The number of amides is 2. The lowest BCUT2D eigenvalue weighted by molar-refractivity contribution is -0.130. The zero-order valence-electron chi connectivity index (χ0n) is 12.3. The first-order chi connectivity index (χ1) is 9.99. The molecule has 0 atom stereocenters. The van der Waals surface area contributed by atoms with E-state index < -0.39 is 17.5 Å². The average Bonchev–Trinajstić information content (AvgIpc) is 2.45. The van der Waals surface area contributed by atoms with Crippen molar-refractivity contribution < 1.29 is 18.4 Å². The van der Waals surface area contributed by atoms with Crippen LogP contribution in [-0.2, 0) is 4.79 Å². The molecule has 0 radical (unpaired) electrons. The van der Waals surface area contributed by atoms with Crippen LogP contribution in [0.5, 0.6) is 0 Å². The maximum absolute atomic E-state index is 13.4. The first-order valence-electron chi connectivity index (χ1n) is 7.00. The lowest BCUT2D eigenvalue weighted by Crippen LogP contribution is -2.40. The second-order valence-electron chi connectivity index (χ2n) is 4.63. The quantitative estimate of drug-likeness (QED) is 0.840. The summed E-state index contributed by atoms with van der Waals surface area (Å²) in [6.45, 7) is 4.87. The Morgan fingerprint density at radius 2 is 1.95 bits per heavy atom. The summed E-state index contributed by atoms with van der Waals surface area (Å²) in [6.07, 6.45) is 1.86. The minimum absolute atomic E-state index is 0.201. The Balaban J connectivity index is 2.57. The maximum Gasteiger partial charge on any atom is 0.254 e. The third-order valence-electron chi connectivity index (χ3n) is 3.09. The topological polar surface area (TPSA) is 49.4 Å². The van der Waals surface area contributed by atoms with Crippen LogP contribution in [0.2, 0.25) is 0 Å². The lowest BCUT2D eigenvalue weighted by Gasteiger charge is -2.20. The highest BCUT2D eigenvalue weighted by atomic mass is 19.1. The minimum atomic E-state index is -0.946. The molecule has 0 saturated heterocycles. The van der Waals surface area contributed by atoms with Gasteiger partial charge in [-0.3, -0.25) is 9.59 Å². The highest BCUT2D eigenvalue weighted by molar-refractivity contribution is 5.96. The molecule has 1 N–H and O–H groups in total. The number of nitrogens with one attached hydrogen (secondary N) is 1. The summed E-state index contributed by atoms with van der Waals surface area (Å²) in [7, 11) is 0. The monoisotopic (exact) mass is 298 g/mol. The molecule has 0 heterocycles. The van der Waals surface area contributed by atoms with Crippen LogP contribution in [0.1, 0.15) is 37.0 Å². The number of benzene rings is 1. The maximum atomic E-state index is 13.4. The largest absolute Gasteiger partial charge is 0.343 e. The molecule has 0 aliphatic rings. The van der Waals surface area contributed by atoms with E-state index in [1.807, 2.05) is 13.8 Å². The standard InChI is InChI=1S/C15H20F2N2O2/c1-3-5-8-19(4-2)14(20)10-18-15(21)12-7-6-11(16)9-13(12)17/h6-7,9H,3-5,8,10H2,1-2H3,(H,18,21). The smallest absolute Gasteiger partial charge is 0.254 e. The summed E-state index contributed by atoms with van der Waals surface area (Å²) in [4.78, 5) is 25.3. The minimum Gasteiger partial charge on any atom is -0.343 e. The number of likely N-dealkylation sites (N-methyl/N-ethyl adjacent to an activating group) is 1. The molecule has 1 aromatic carbocycles. The molecule has 0 unspecified atom stereocenters. The molecule has 2 amide bonds. The van der Waals surface area contributed by atoms with Crippen molar-refractivity contribution >= 4 is 11.8 Å². The second-order valence-corrected chi connectivity index (χ2v) is 4.63. The normalized spacial score (nSPS) is 10.3. The molecule has 1 aromatic rings. The molecule has 1 rings (SSSR count). The number of hydrogen-bond donors (Lipinski definition) is 1. The molecule has 0 bridgehead atoms.